The van der Waals surface area contributed by atoms with Crippen molar-refractivity contribution in [1.82, 2.24) is 19.9 Å². The minimum Gasteiger partial charge on any atom is -0.493 e. The van der Waals surface area contributed by atoms with Crippen molar-refractivity contribution in [2.75, 3.05) is 14.2 Å². The van der Waals surface area contributed by atoms with E-state index in [1.54, 1.807) is 14.2 Å². The van der Waals surface area contributed by atoms with Crippen LogP contribution in [0, 0.1) is 0 Å². The van der Waals surface area contributed by atoms with Crippen molar-refractivity contribution in [1.29, 1.82) is 0 Å². The highest BCUT2D eigenvalue weighted by Crippen LogP contribution is 2.28. The number of methoxy groups -OCH3 is 2. The van der Waals surface area contributed by atoms with Gasteiger partial charge in [-0.15, -0.1) is 10.2 Å². The van der Waals surface area contributed by atoms with E-state index in [2.05, 4.69) is 15.5 Å². The smallest absolute Gasteiger partial charge is 0.220 e. The Morgan fingerprint density at radius 3 is 2.73 bits per heavy atom. The van der Waals surface area contributed by atoms with Gasteiger partial charge < -0.3 is 14.8 Å². The number of aryl methyl sites for hydroxylation is 1. The molecule has 3 rings (SSSR count). The molecule has 0 unspecified atom stereocenters. The maximum Gasteiger partial charge on any atom is 0.220 e. The first-order valence-electron chi connectivity index (χ1n) is 8.42. The standard InChI is InChI=1S/C19H22N4O3/c1-13(19-22-21-17-6-4-5-11-23(17)19)20-18(24)10-8-14-7-9-15(25-2)16(12-14)26-3/h4-7,9,11-13H,8,10H2,1-3H3,(H,20,24)/t13-/m0/s1. The molecule has 0 aliphatic rings. The Kier molecular flexibility index (Phi) is 5.36. The molecule has 136 valence electrons. The van der Waals surface area contributed by atoms with E-state index in [0.29, 0.717) is 30.2 Å². The third-order valence-corrected chi connectivity index (χ3v) is 4.19. The molecule has 0 radical (unpaired) electrons. The predicted molar refractivity (Wildman–Crippen MR) is 97.4 cm³/mol. The molecule has 0 saturated carbocycles. The zero-order valence-electron chi connectivity index (χ0n) is 15.1. The molecule has 0 aliphatic heterocycles. The highest BCUT2D eigenvalue weighted by Gasteiger charge is 2.15. The summed E-state index contributed by atoms with van der Waals surface area (Å²) in [6.07, 6.45) is 2.87. The number of aromatic nitrogens is 3. The third-order valence-electron chi connectivity index (χ3n) is 4.19. The summed E-state index contributed by atoms with van der Waals surface area (Å²) in [6, 6.07) is 11.1. The first-order valence-corrected chi connectivity index (χ1v) is 8.42. The summed E-state index contributed by atoms with van der Waals surface area (Å²) in [7, 11) is 3.19. The average molecular weight is 354 g/mol. The summed E-state index contributed by atoms with van der Waals surface area (Å²) >= 11 is 0. The topological polar surface area (TPSA) is 77.8 Å². The molecule has 0 aliphatic carbocycles. The van der Waals surface area contributed by atoms with Crippen LogP contribution in [0.1, 0.15) is 30.8 Å². The minimum atomic E-state index is -0.231. The number of rotatable bonds is 7. The molecule has 1 aromatic carbocycles. The second-order valence-corrected chi connectivity index (χ2v) is 5.97. The van der Waals surface area contributed by atoms with Crippen molar-refractivity contribution in [3.8, 4) is 11.5 Å². The number of hydrogen-bond acceptors (Lipinski definition) is 5. The normalized spacial score (nSPS) is 12.0. The molecule has 0 fully saturated rings. The average Bonchev–Trinajstić information content (AvgIpc) is 3.10. The molecular weight excluding hydrogens is 332 g/mol. The van der Waals surface area contributed by atoms with Gasteiger partial charge >= 0.3 is 0 Å². The van der Waals surface area contributed by atoms with Gasteiger partial charge in [-0.2, -0.15) is 0 Å². The number of ether oxygens (including phenoxy) is 2. The quantitative estimate of drug-likeness (QED) is 0.705. The largest absolute Gasteiger partial charge is 0.493 e. The van der Waals surface area contributed by atoms with Gasteiger partial charge in [0.2, 0.25) is 5.91 Å². The van der Waals surface area contributed by atoms with Gasteiger partial charge in [-0.1, -0.05) is 12.1 Å². The zero-order chi connectivity index (χ0) is 18.5. The van der Waals surface area contributed by atoms with E-state index in [1.807, 2.05) is 53.9 Å². The highest BCUT2D eigenvalue weighted by molar-refractivity contribution is 5.76. The Labute approximate surface area is 152 Å². The third kappa shape index (κ3) is 3.77. The second kappa shape index (κ2) is 7.86. The molecule has 1 atom stereocenters. The van der Waals surface area contributed by atoms with Crippen molar-refractivity contribution in [2.24, 2.45) is 0 Å². The Balaban J connectivity index is 1.60. The van der Waals surface area contributed by atoms with E-state index in [-0.39, 0.29) is 11.9 Å². The molecule has 7 heteroatoms. The van der Waals surface area contributed by atoms with E-state index in [9.17, 15) is 4.79 Å². The lowest BCUT2D eigenvalue weighted by Gasteiger charge is -2.13. The molecule has 0 spiro atoms. The SMILES string of the molecule is COc1ccc(CCC(=O)N[C@@H](C)c2nnc3ccccn23)cc1OC. The maximum absolute atomic E-state index is 12.3. The van der Waals surface area contributed by atoms with E-state index in [4.69, 9.17) is 9.47 Å². The van der Waals surface area contributed by atoms with Crippen LogP contribution in [0.4, 0.5) is 0 Å². The van der Waals surface area contributed by atoms with Crippen LogP contribution in [0.2, 0.25) is 0 Å². The van der Waals surface area contributed by atoms with Gasteiger partial charge in [0.15, 0.2) is 23.0 Å². The molecule has 0 bridgehead atoms. The number of carbonyl (C=O) groups excluding carboxylic acids is 1. The fourth-order valence-corrected chi connectivity index (χ4v) is 2.83. The molecule has 3 aromatic rings. The van der Waals surface area contributed by atoms with Gasteiger partial charge in [0.05, 0.1) is 20.3 Å². The number of amides is 1. The van der Waals surface area contributed by atoms with Crippen molar-refractivity contribution in [2.45, 2.75) is 25.8 Å². The fourth-order valence-electron chi connectivity index (χ4n) is 2.83. The summed E-state index contributed by atoms with van der Waals surface area (Å²) in [5.74, 6) is 2.00. The van der Waals surface area contributed by atoms with Crippen molar-refractivity contribution < 1.29 is 14.3 Å². The van der Waals surface area contributed by atoms with E-state index in [0.717, 1.165) is 11.2 Å². The monoisotopic (exact) mass is 354 g/mol. The summed E-state index contributed by atoms with van der Waals surface area (Å²) in [6.45, 7) is 1.90. The zero-order valence-corrected chi connectivity index (χ0v) is 15.1. The number of hydrogen-bond donors (Lipinski definition) is 1. The lowest BCUT2D eigenvalue weighted by atomic mass is 10.1. The van der Waals surface area contributed by atoms with Gasteiger partial charge in [0.1, 0.15) is 0 Å². The molecule has 2 aromatic heterocycles. The number of benzene rings is 1. The predicted octanol–water partition coefficient (Wildman–Crippen LogP) is 2.56. The molecule has 1 amide bonds. The number of pyridine rings is 1. The van der Waals surface area contributed by atoms with Crippen LogP contribution in [-0.4, -0.2) is 34.7 Å². The summed E-state index contributed by atoms with van der Waals surface area (Å²) in [5, 5.41) is 11.3. The molecule has 26 heavy (non-hydrogen) atoms. The Bertz CT molecular complexity index is 907. The van der Waals surface area contributed by atoms with Gasteiger partial charge in [-0.25, -0.2) is 0 Å². The minimum absolute atomic E-state index is 0.0417. The van der Waals surface area contributed by atoms with Crippen LogP contribution in [-0.2, 0) is 11.2 Å². The van der Waals surface area contributed by atoms with Crippen LogP contribution < -0.4 is 14.8 Å². The fraction of sp³-hybridized carbons (Fsp3) is 0.316. The van der Waals surface area contributed by atoms with Crippen LogP contribution in [0.25, 0.3) is 5.65 Å². The van der Waals surface area contributed by atoms with Crippen molar-refractivity contribution in [3.05, 3.63) is 54.0 Å². The Hall–Kier alpha value is -3.09. The molecule has 2 heterocycles. The van der Waals surface area contributed by atoms with Gasteiger partial charge in [0.25, 0.3) is 0 Å². The van der Waals surface area contributed by atoms with Gasteiger partial charge in [-0.05, 0) is 43.2 Å². The number of nitrogens with one attached hydrogen (secondary N) is 1. The van der Waals surface area contributed by atoms with E-state index < -0.39 is 0 Å². The number of fused-ring (bicyclic) bond motifs is 1. The Morgan fingerprint density at radius 1 is 1.15 bits per heavy atom. The first kappa shape index (κ1) is 17.7. The van der Waals surface area contributed by atoms with Crippen LogP contribution >= 0.6 is 0 Å². The van der Waals surface area contributed by atoms with Crippen molar-refractivity contribution >= 4 is 11.6 Å². The van der Waals surface area contributed by atoms with Gasteiger partial charge in [0, 0.05) is 12.6 Å². The van der Waals surface area contributed by atoms with E-state index in [1.165, 1.54) is 0 Å². The van der Waals surface area contributed by atoms with Gasteiger partial charge in [-0.3, -0.25) is 9.20 Å². The second-order valence-electron chi connectivity index (χ2n) is 5.97. The number of carbonyl (C=O) groups is 1. The molecular formula is C19H22N4O3. The van der Waals surface area contributed by atoms with E-state index >= 15 is 0 Å². The summed E-state index contributed by atoms with van der Waals surface area (Å²) < 4.78 is 12.4. The molecule has 0 saturated heterocycles. The van der Waals surface area contributed by atoms with Crippen LogP contribution in [0.15, 0.2) is 42.6 Å². The van der Waals surface area contributed by atoms with Crippen LogP contribution in [0.3, 0.4) is 0 Å². The van der Waals surface area contributed by atoms with Crippen molar-refractivity contribution in [3.63, 3.8) is 0 Å². The first-order chi connectivity index (χ1) is 12.6. The summed E-state index contributed by atoms with van der Waals surface area (Å²) in [5.41, 5.74) is 1.77. The molecule has 7 nitrogen and oxygen atoms in total. The Morgan fingerprint density at radius 2 is 1.96 bits per heavy atom. The summed E-state index contributed by atoms with van der Waals surface area (Å²) in [4.78, 5) is 12.3. The lowest BCUT2D eigenvalue weighted by Crippen LogP contribution is -2.28. The lowest BCUT2D eigenvalue weighted by molar-refractivity contribution is -0.121. The highest BCUT2D eigenvalue weighted by atomic mass is 16.5. The maximum atomic E-state index is 12.3. The van der Waals surface area contributed by atoms with Crippen LogP contribution in [0.5, 0.6) is 11.5 Å². The number of nitrogens with zero attached hydrogens (tertiary/aromatic N) is 3. The molecule has 1 N–H and O–H groups in total.